The number of hydrogen-bond donors (Lipinski definition) is 1. The number of amides is 1. The van der Waals surface area contributed by atoms with Crippen molar-refractivity contribution in [2.75, 3.05) is 11.9 Å². The van der Waals surface area contributed by atoms with E-state index in [1.807, 2.05) is 13.0 Å². The molecule has 0 fully saturated rings. The van der Waals surface area contributed by atoms with Crippen LogP contribution >= 0.6 is 11.8 Å². The van der Waals surface area contributed by atoms with E-state index < -0.39 is 0 Å². The van der Waals surface area contributed by atoms with Gasteiger partial charge in [-0.2, -0.15) is 0 Å². The summed E-state index contributed by atoms with van der Waals surface area (Å²) in [6, 6.07) is 5.21. The molecule has 0 radical (unpaired) electrons. The van der Waals surface area contributed by atoms with Crippen LogP contribution in [0.4, 0.5) is 5.69 Å². The predicted molar refractivity (Wildman–Crippen MR) is 66.3 cm³/mol. The maximum Gasteiger partial charge on any atom is 0.338 e. The van der Waals surface area contributed by atoms with Crippen LogP contribution in [0.5, 0.6) is 0 Å². The molecule has 1 atom stereocenters. The highest BCUT2D eigenvalue weighted by Crippen LogP contribution is 2.35. The fourth-order valence-electron chi connectivity index (χ4n) is 1.55. The first kappa shape index (κ1) is 12.0. The summed E-state index contributed by atoms with van der Waals surface area (Å²) in [5.41, 5.74) is 1.14. The minimum atomic E-state index is -0.367. The molecule has 0 saturated heterocycles. The fraction of sp³-hybridized carbons (Fsp3) is 0.333. The number of fused-ring (bicyclic) bond motifs is 1. The number of benzene rings is 1. The summed E-state index contributed by atoms with van der Waals surface area (Å²) in [5, 5.41) is 2.68. The van der Waals surface area contributed by atoms with Crippen molar-refractivity contribution in [1.82, 2.24) is 0 Å². The molecule has 1 aromatic carbocycles. The summed E-state index contributed by atoms with van der Waals surface area (Å²) in [5.74, 6) is -0.406. The van der Waals surface area contributed by atoms with Crippen molar-refractivity contribution in [2.24, 2.45) is 0 Å². The molecule has 17 heavy (non-hydrogen) atoms. The van der Waals surface area contributed by atoms with Gasteiger partial charge in [-0.1, -0.05) is 0 Å². The first-order valence-corrected chi connectivity index (χ1v) is 6.28. The Morgan fingerprint density at radius 2 is 2.29 bits per heavy atom. The van der Waals surface area contributed by atoms with Gasteiger partial charge >= 0.3 is 5.97 Å². The fourth-order valence-corrected chi connectivity index (χ4v) is 2.48. The van der Waals surface area contributed by atoms with E-state index in [1.54, 1.807) is 19.1 Å². The summed E-state index contributed by atoms with van der Waals surface area (Å²) in [7, 11) is 0. The molecule has 0 spiro atoms. The number of carbonyl (C=O) groups excluding carboxylic acids is 2. The van der Waals surface area contributed by atoms with Crippen LogP contribution in [-0.2, 0) is 9.53 Å². The molecule has 0 aliphatic carbocycles. The third-order valence-electron chi connectivity index (χ3n) is 2.42. The van der Waals surface area contributed by atoms with Gasteiger partial charge in [-0.05, 0) is 32.0 Å². The highest BCUT2D eigenvalue weighted by molar-refractivity contribution is 8.00. The second kappa shape index (κ2) is 4.79. The molecule has 4 nitrogen and oxygen atoms in total. The normalized spacial score (nSPS) is 18.2. The number of hydrogen-bond acceptors (Lipinski definition) is 4. The first-order valence-electron chi connectivity index (χ1n) is 5.40. The SMILES string of the molecule is CCOC(=O)c1ccc2c(c1)NC(=O)[C@@H](C)S2. The third kappa shape index (κ3) is 2.44. The average Bonchev–Trinajstić information content (AvgIpc) is 2.30. The average molecular weight is 251 g/mol. The lowest BCUT2D eigenvalue weighted by molar-refractivity contribution is -0.115. The number of ether oxygens (including phenoxy) is 1. The van der Waals surface area contributed by atoms with E-state index in [2.05, 4.69) is 5.32 Å². The quantitative estimate of drug-likeness (QED) is 0.819. The molecule has 1 N–H and O–H groups in total. The van der Waals surface area contributed by atoms with Crippen LogP contribution in [0.3, 0.4) is 0 Å². The maximum absolute atomic E-state index is 11.5. The summed E-state index contributed by atoms with van der Waals surface area (Å²) >= 11 is 1.49. The van der Waals surface area contributed by atoms with Crippen molar-refractivity contribution >= 4 is 29.3 Å². The Balaban J connectivity index is 2.28. The zero-order valence-corrected chi connectivity index (χ0v) is 10.5. The van der Waals surface area contributed by atoms with E-state index in [0.29, 0.717) is 17.9 Å². The van der Waals surface area contributed by atoms with Crippen LogP contribution in [0.2, 0.25) is 0 Å². The summed E-state index contributed by atoms with van der Waals surface area (Å²) < 4.78 is 4.91. The number of anilines is 1. The Bertz CT molecular complexity index is 473. The van der Waals surface area contributed by atoms with Crippen molar-refractivity contribution < 1.29 is 14.3 Å². The van der Waals surface area contributed by atoms with E-state index in [0.717, 1.165) is 4.90 Å². The molecule has 1 heterocycles. The predicted octanol–water partition coefficient (Wildman–Crippen LogP) is 2.30. The van der Waals surface area contributed by atoms with Crippen molar-refractivity contribution in [1.29, 1.82) is 0 Å². The summed E-state index contributed by atoms with van der Waals surface area (Å²) in [4.78, 5) is 24.0. The molecular formula is C12H13NO3S. The lowest BCUT2D eigenvalue weighted by atomic mass is 10.2. The molecule has 5 heteroatoms. The van der Waals surface area contributed by atoms with Crippen molar-refractivity contribution in [2.45, 2.75) is 24.0 Å². The van der Waals surface area contributed by atoms with Gasteiger partial charge in [0.15, 0.2) is 0 Å². The number of carbonyl (C=O) groups is 2. The molecule has 0 saturated carbocycles. The lowest BCUT2D eigenvalue weighted by Crippen LogP contribution is -2.26. The zero-order chi connectivity index (χ0) is 12.4. The highest BCUT2D eigenvalue weighted by Gasteiger charge is 2.23. The van der Waals surface area contributed by atoms with Gasteiger partial charge in [0, 0.05) is 4.90 Å². The van der Waals surface area contributed by atoms with Crippen molar-refractivity contribution in [3.05, 3.63) is 23.8 Å². The van der Waals surface area contributed by atoms with Crippen molar-refractivity contribution in [3.8, 4) is 0 Å². The molecule has 0 unspecified atom stereocenters. The van der Waals surface area contributed by atoms with Crippen LogP contribution < -0.4 is 5.32 Å². The smallest absolute Gasteiger partial charge is 0.338 e. The second-order valence-corrected chi connectivity index (χ2v) is 5.06. The number of nitrogens with one attached hydrogen (secondary N) is 1. The van der Waals surface area contributed by atoms with Crippen molar-refractivity contribution in [3.63, 3.8) is 0 Å². The van der Waals surface area contributed by atoms with E-state index in [9.17, 15) is 9.59 Å². The molecule has 0 bridgehead atoms. The van der Waals surface area contributed by atoms with Crippen LogP contribution in [-0.4, -0.2) is 23.7 Å². The van der Waals surface area contributed by atoms with Gasteiger partial charge in [0.2, 0.25) is 5.91 Å². The van der Waals surface area contributed by atoms with Gasteiger partial charge in [-0.3, -0.25) is 4.79 Å². The third-order valence-corrected chi connectivity index (χ3v) is 3.60. The topological polar surface area (TPSA) is 55.4 Å². The number of thioether (sulfide) groups is 1. The Morgan fingerprint density at radius 3 is 3.00 bits per heavy atom. The lowest BCUT2D eigenvalue weighted by Gasteiger charge is -2.21. The van der Waals surface area contributed by atoms with Gasteiger partial charge in [0.1, 0.15) is 0 Å². The standard InChI is InChI=1S/C12H13NO3S/c1-3-16-12(15)8-4-5-10-9(6-8)13-11(14)7(2)17-10/h4-7H,3H2,1-2H3,(H,13,14)/t7-/m1/s1. The molecule has 1 aromatic rings. The van der Waals surface area contributed by atoms with Gasteiger partial charge in [0.25, 0.3) is 0 Å². The second-order valence-electron chi connectivity index (χ2n) is 3.68. The van der Waals surface area contributed by atoms with Crippen LogP contribution in [0, 0.1) is 0 Å². The van der Waals surface area contributed by atoms with E-state index in [4.69, 9.17) is 4.74 Å². The molecule has 1 aliphatic heterocycles. The first-order chi connectivity index (χ1) is 8.11. The summed E-state index contributed by atoms with van der Waals surface area (Å²) in [6.45, 7) is 3.95. The largest absolute Gasteiger partial charge is 0.462 e. The minimum absolute atomic E-state index is 0.0384. The molecular weight excluding hydrogens is 238 g/mol. The van der Waals surface area contributed by atoms with E-state index >= 15 is 0 Å². The van der Waals surface area contributed by atoms with Crippen LogP contribution in [0.1, 0.15) is 24.2 Å². The monoisotopic (exact) mass is 251 g/mol. The van der Waals surface area contributed by atoms with Crippen LogP contribution in [0.25, 0.3) is 0 Å². The van der Waals surface area contributed by atoms with E-state index in [-0.39, 0.29) is 17.1 Å². The number of esters is 1. The minimum Gasteiger partial charge on any atom is -0.462 e. The zero-order valence-electron chi connectivity index (χ0n) is 9.65. The molecule has 90 valence electrons. The Kier molecular flexibility index (Phi) is 3.38. The van der Waals surface area contributed by atoms with Gasteiger partial charge in [0.05, 0.1) is 23.1 Å². The van der Waals surface area contributed by atoms with Gasteiger partial charge in [-0.15, -0.1) is 11.8 Å². The Labute approximate surface area is 104 Å². The molecule has 0 aromatic heterocycles. The maximum atomic E-state index is 11.5. The van der Waals surface area contributed by atoms with Crippen LogP contribution in [0.15, 0.2) is 23.1 Å². The highest BCUT2D eigenvalue weighted by atomic mass is 32.2. The Hall–Kier alpha value is -1.49. The number of rotatable bonds is 2. The molecule has 1 amide bonds. The van der Waals surface area contributed by atoms with Gasteiger partial charge < -0.3 is 10.1 Å². The van der Waals surface area contributed by atoms with E-state index in [1.165, 1.54) is 11.8 Å². The molecule has 2 rings (SSSR count). The Morgan fingerprint density at radius 1 is 1.53 bits per heavy atom. The summed E-state index contributed by atoms with van der Waals surface area (Å²) in [6.07, 6.45) is 0. The molecule has 1 aliphatic rings. The van der Waals surface area contributed by atoms with Gasteiger partial charge in [-0.25, -0.2) is 4.79 Å².